The van der Waals surface area contributed by atoms with Crippen LogP contribution in [0.2, 0.25) is 0 Å². The zero-order chi connectivity index (χ0) is 22.3. The molecule has 7 nitrogen and oxygen atoms in total. The predicted octanol–water partition coefficient (Wildman–Crippen LogP) is 4.06. The van der Waals surface area contributed by atoms with Gasteiger partial charge in [-0.15, -0.1) is 0 Å². The van der Waals surface area contributed by atoms with Gasteiger partial charge < -0.3 is 9.84 Å². The van der Waals surface area contributed by atoms with Gasteiger partial charge >= 0.3 is 0 Å². The third-order valence-electron chi connectivity index (χ3n) is 4.85. The molecule has 3 aromatic rings. The van der Waals surface area contributed by atoms with Crippen LogP contribution in [0.25, 0.3) is 11.3 Å². The molecule has 1 atom stereocenters. The smallest absolute Gasteiger partial charge is 0.296 e. The zero-order valence-corrected chi connectivity index (χ0v) is 20.9. The van der Waals surface area contributed by atoms with Crippen LogP contribution in [-0.2, 0) is 4.79 Å². The summed E-state index contributed by atoms with van der Waals surface area (Å²) in [6.07, 6.45) is -0.722. The molecule has 0 radical (unpaired) electrons. The van der Waals surface area contributed by atoms with Gasteiger partial charge in [-0.1, -0.05) is 55.2 Å². The van der Waals surface area contributed by atoms with Crippen molar-refractivity contribution in [2.45, 2.75) is 25.2 Å². The van der Waals surface area contributed by atoms with E-state index in [1.165, 1.54) is 18.7 Å². The molecule has 1 aliphatic rings. The molecule has 1 unspecified atom stereocenters. The van der Waals surface area contributed by atoms with E-state index >= 15 is 0 Å². The topological polar surface area (TPSA) is 82.3 Å². The van der Waals surface area contributed by atoms with Gasteiger partial charge in [-0.3, -0.25) is 4.79 Å². The van der Waals surface area contributed by atoms with E-state index < -0.39 is 12.0 Å². The quantitative estimate of drug-likeness (QED) is 0.350. The second-order valence-corrected chi connectivity index (χ2v) is 9.80. The van der Waals surface area contributed by atoms with Crippen LogP contribution >= 0.6 is 43.6 Å². The Morgan fingerprint density at radius 2 is 1.97 bits per heavy atom. The van der Waals surface area contributed by atoms with Crippen molar-refractivity contribution < 1.29 is 19.3 Å². The highest BCUT2D eigenvalue weighted by atomic mass is 79.9. The average Bonchev–Trinajstić information content (AvgIpc) is 2.72. The number of methoxy groups -OCH3 is 1. The lowest BCUT2D eigenvalue weighted by atomic mass is 10.0. The lowest BCUT2D eigenvalue weighted by molar-refractivity contribution is -0.764. The molecule has 160 valence electrons. The Bertz CT molecular complexity index is 1190. The van der Waals surface area contributed by atoms with Gasteiger partial charge in [0, 0.05) is 21.0 Å². The van der Waals surface area contributed by atoms with Crippen molar-refractivity contribution in [3.63, 3.8) is 0 Å². The Morgan fingerprint density at radius 1 is 1.26 bits per heavy atom. The number of fused-ring (bicyclic) bond motifs is 3. The molecular weight excluding hydrogens is 548 g/mol. The van der Waals surface area contributed by atoms with Crippen molar-refractivity contribution in [1.29, 1.82) is 0 Å². The summed E-state index contributed by atoms with van der Waals surface area (Å²) in [6, 6.07) is 11.0. The molecule has 0 fully saturated rings. The van der Waals surface area contributed by atoms with E-state index in [1.54, 1.807) is 16.7 Å². The number of ether oxygens (including phenoxy) is 1. The molecule has 1 aliphatic heterocycles. The minimum Gasteiger partial charge on any atom is -0.854 e. The average molecular weight is 566 g/mol. The van der Waals surface area contributed by atoms with Crippen LogP contribution in [0.1, 0.15) is 25.6 Å². The highest BCUT2D eigenvalue weighted by molar-refractivity contribution is 9.10. The molecule has 0 bridgehead atoms. The fourth-order valence-corrected chi connectivity index (χ4v) is 4.97. The lowest BCUT2D eigenvalue weighted by Crippen LogP contribution is -2.58. The van der Waals surface area contributed by atoms with Crippen molar-refractivity contribution in [1.82, 2.24) is 10.1 Å². The van der Waals surface area contributed by atoms with E-state index in [-0.39, 0.29) is 5.91 Å². The second kappa shape index (κ2) is 8.76. The number of nitrogens with zero attached hydrogens (tertiary/aromatic N) is 4. The number of halogens is 2. The van der Waals surface area contributed by atoms with E-state index in [1.807, 2.05) is 43.3 Å². The summed E-state index contributed by atoms with van der Waals surface area (Å²) < 4.78 is 8.79. The summed E-state index contributed by atoms with van der Waals surface area (Å²) in [5.74, 6) is 0.702. The molecule has 2 heterocycles. The fraction of sp³-hybridized carbons (Fsp3) is 0.238. The summed E-state index contributed by atoms with van der Waals surface area (Å²) in [6.45, 7) is 3.46. The molecule has 4 rings (SSSR count). The predicted molar refractivity (Wildman–Crippen MR) is 123 cm³/mol. The van der Waals surface area contributed by atoms with Crippen LogP contribution in [0.15, 0.2) is 50.5 Å². The monoisotopic (exact) mass is 564 g/mol. The van der Waals surface area contributed by atoms with Crippen molar-refractivity contribution >= 4 is 55.2 Å². The Hall–Kier alpha value is -2.17. The van der Waals surface area contributed by atoms with Crippen molar-refractivity contribution in [3.8, 4) is 22.9 Å². The number of rotatable bonds is 4. The standard InChI is InChI=1S/C21H18Br2N4O3S/c1-4-31-21-24-19(29)18-14-9-12(22)5-7-16(14)26(11(2)28)20(27(18)25-21)15-10-13(23)6-8-17(15)30-3/h5-10,20H,4H2,1-3H3. The molecule has 0 spiro atoms. The van der Waals surface area contributed by atoms with E-state index in [9.17, 15) is 9.90 Å². The van der Waals surface area contributed by atoms with Gasteiger partial charge in [0.2, 0.25) is 5.91 Å². The van der Waals surface area contributed by atoms with Gasteiger partial charge in [0.15, 0.2) is 0 Å². The molecule has 1 amide bonds. The first-order valence-electron chi connectivity index (χ1n) is 9.42. The van der Waals surface area contributed by atoms with Gasteiger partial charge in [0.05, 0.1) is 29.8 Å². The summed E-state index contributed by atoms with van der Waals surface area (Å²) in [4.78, 5) is 18.8. The third kappa shape index (κ3) is 3.92. The highest BCUT2D eigenvalue weighted by Gasteiger charge is 2.45. The summed E-state index contributed by atoms with van der Waals surface area (Å²) >= 11 is 8.35. The van der Waals surface area contributed by atoms with E-state index in [0.717, 1.165) is 8.95 Å². The van der Waals surface area contributed by atoms with Crippen molar-refractivity contribution in [2.24, 2.45) is 0 Å². The minimum absolute atomic E-state index is 0.190. The first kappa shape index (κ1) is 22.0. The molecule has 1 aromatic heterocycles. The molecule has 0 saturated heterocycles. The molecule has 2 aromatic carbocycles. The van der Waals surface area contributed by atoms with Crippen LogP contribution in [0.4, 0.5) is 5.69 Å². The number of hydrogen-bond acceptors (Lipinski definition) is 6. The van der Waals surface area contributed by atoms with Gasteiger partial charge in [-0.25, -0.2) is 9.88 Å². The molecule has 0 saturated carbocycles. The number of carbonyl (C=O) groups excluding carboxylic acids is 1. The third-order valence-corrected chi connectivity index (χ3v) is 6.56. The van der Waals surface area contributed by atoms with Gasteiger partial charge in [-0.2, -0.15) is 0 Å². The molecule has 31 heavy (non-hydrogen) atoms. The number of thioether (sulfide) groups is 1. The molecule has 10 heteroatoms. The van der Waals surface area contributed by atoms with E-state index in [2.05, 4.69) is 41.9 Å². The van der Waals surface area contributed by atoms with Gasteiger partial charge in [0.25, 0.3) is 17.0 Å². The van der Waals surface area contributed by atoms with Crippen LogP contribution in [-0.4, -0.2) is 28.9 Å². The summed E-state index contributed by atoms with van der Waals surface area (Å²) in [7, 11) is 1.57. The first-order valence-corrected chi connectivity index (χ1v) is 12.0. The number of anilines is 1. The fourth-order valence-electron chi connectivity index (χ4n) is 3.68. The largest absolute Gasteiger partial charge is 0.854 e. The van der Waals surface area contributed by atoms with Crippen molar-refractivity contribution in [3.05, 3.63) is 50.9 Å². The maximum absolute atomic E-state index is 13.2. The van der Waals surface area contributed by atoms with Gasteiger partial charge in [-0.05, 0) is 42.2 Å². The first-order chi connectivity index (χ1) is 14.8. The Balaban J connectivity index is 2.11. The van der Waals surface area contributed by atoms with E-state index in [4.69, 9.17) is 4.74 Å². The molecule has 0 aliphatic carbocycles. The van der Waals surface area contributed by atoms with Crippen molar-refractivity contribution in [2.75, 3.05) is 17.8 Å². The van der Waals surface area contributed by atoms with Crippen LogP contribution in [0.5, 0.6) is 11.6 Å². The Kier molecular flexibility index (Phi) is 6.23. The Labute approximate surface area is 200 Å². The SMILES string of the molecule is CCSc1nc([O-])c2[n+](n1)C(c1cc(Br)ccc1OC)N(C(C)=O)c1ccc(Br)cc1-2. The number of benzene rings is 2. The normalized spacial score (nSPS) is 14.7. The number of carbonyl (C=O) groups is 1. The van der Waals surface area contributed by atoms with E-state index in [0.29, 0.717) is 39.2 Å². The maximum atomic E-state index is 13.2. The molecule has 0 N–H and O–H groups in total. The number of hydrogen-bond donors (Lipinski definition) is 0. The second-order valence-electron chi connectivity index (χ2n) is 6.74. The lowest BCUT2D eigenvalue weighted by Gasteiger charge is -2.33. The zero-order valence-electron chi connectivity index (χ0n) is 16.9. The molecular formula is C21H18Br2N4O3S. The van der Waals surface area contributed by atoms with Crippen LogP contribution < -0.4 is 19.4 Å². The maximum Gasteiger partial charge on any atom is 0.296 e. The Morgan fingerprint density at radius 3 is 2.65 bits per heavy atom. The van der Waals surface area contributed by atoms with Crippen LogP contribution in [0.3, 0.4) is 0 Å². The van der Waals surface area contributed by atoms with Crippen LogP contribution in [0, 0.1) is 0 Å². The van der Waals surface area contributed by atoms with Gasteiger partial charge in [0.1, 0.15) is 5.75 Å². The minimum atomic E-state index is -0.722. The number of aromatic nitrogens is 3. The number of amides is 1. The summed E-state index contributed by atoms with van der Waals surface area (Å²) in [5.41, 5.74) is 2.21. The summed E-state index contributed by atoms with van der Waals surface area (Å²) in [5, 5.41) is 18.2. The highest BCUT2D eigenvalue weighted by Crippen LogP contribution is 2.44.